The summed E-state index contributed by atoms with van der Waals surface area (Å²) in [7, 11) is 1.62. The normalized spacial score (nSPS) is 18.5. The first kappa shape index (κ1) is 21.9. The van der Waals surface area contributed by atoms with Crippen molar-refractivity contribution in [3.05, 3.63) is 59.4 Å². The van der Waals surface area contributed by atoms with Crippen molar-refractivity contribution in [3.63, 3.8) is 0 Å². The van der Waals surface area contributed by atoms with Crippen LogP contribution in [0.1, 0.15) is 41.5 Å². The van der Waals surface area contributed by atoms with Crippen LogP contribution in [-0.4, -0.2) is 53.6 Å². The fraction of sp³-hybridized carbons (Fsp3) is 0.400. The Morgan fingerprint density at radius 3 is 2.84 bits per heavy atom. The number of aromatic amines is 1. The van der Waals surface area contributed by atoms with Gasteiger partial charge in [-0.25, -0.2) is 4.98 Å². The van der Waals surface area contributed by atoms with Gasteiger partial charge in [0.1, 0.15) is 11.6 Å². The van der Waals surface area contributed by atoms with E-state index >= 15 is 0 Å². The molecule has 0 aliphatic carbocycles. The van der Waals surface area contributed by atoms with Crippen LogP contribution in [0.2, 0.25) is 0 Å². The second-order valence-electron chi connectivity index (χ2n) is 8.41. The molecule has 3 aromatic rings. The van der Waals surface area contributed by atoms with Gasteiger partial charge in [-0.2, -0.15) is 0 Å². The number of carbonyl (C=O) groups is 2. The molecule has 0 unspecified atom stereocenters. The molecule has 1 saturated heterocycles. The summed E-state index contributed by atoms with van der Waals surface area (Å²) in [5.41, 5.74) is 2.45. The van der Waals surface area contributed by atoms with Crippen LogP contribution in [0.25, 0.3) is 11.0 Å². The van der Waals surface area contributed by atoms with Crippen molar-refractivity contribution in [3.8, 4) is 5.75 Å². The average Bonchev–Trinajstić information content (AvgIpc) is 3.18. The lowest BCUT2D eigenvalue weighted by Crippen LogP contribution is -2.51. The molecular formula is C25H29N3O4. The van der Waals surface area contributed by atoms with Gasteiger partial charge in [0, 0.05) is 18.7 Å². The molecule has 32 heavy (non-hydrogen) atoms. The van der Waals surface area contributed by atoms with E-state index in [0.29, 0.717) is 38.1 Å². The Morgan fingerprint density at radius 1 is 1.22 bits per heavy atom. The molecule has 1 atom stereocenters. The molecule has 2 heterocycles. The Bertz CT molecular complexity index is 1140. The van der Waals surface area contributed by atoms with Gasteiger partial charge in [-0.15, -0.1) is 0 Å². The van der Waals surface area contributed by atoms with Crippen molar-refractivity contribution >= 4 is 22.9 Å². The Labute approximate surface area is 187 Å². The van der Waals surface area contributed by atoms with Crippen LogP contribution in [-0.2, 0) is 16.0 Å². The molecule has 1 fully saturated rings. The number of nitrogens with one attached hydrogen (secondary N) is 1. The lowest BCUT2D eigenvalue weighted by molar-refractivity contribution is -0.158. The second kappa shape index (κ2) is 9.02. The number of esters is 1. The highest BCUT2D eigenvalue weighted by molar-refractivity contribution is 5.97. The van der Waals surface area contributed by atoms with Crippen LogP contribution in [0, 0.1) is 12.3 Å². The van der Waals surface area contributed by atoms with E-state index in [9.17, 15) is 9.59 Å². The summed E-state index contributed by atoms with van der Waals surface area (Å²) >= 11 is 0. The lowest BCUT2D eigenvalue weighted by atomic mass is 9.75. The predicted molar refractivity (Wildman–Crippen MR) is 122 cm³/mol. The number of benzene rings is 2. The van der Waals surface area contributed by atoms with Gasteiger partial charge in [-0.3, -0.25) is 9.59 Å². The number of ether oxygens (including phenoxy) is 2. The SMILES string of the molecule is CCOC(=O)[C@@]1(Cc2cccc(OC)c2)CCCN(C(=O)c2ccc3nc(C)[nH]c3c2)C1. The average molecular weight is 436 g/mol. The van der Waals surface area contributed by atoms with Gasteiger partial charge in [0.25, 0.3) is 5.91 Å². The van der Waals surface area contributed by atoms with E-state index in [1.54, 1.807) is 18.1 Å². The zero-order valence-corrected chi connectivity index (χ0v) is 18.8. The number of imidazole rings is 1. The molecule has 2 aromatic carbocycles. The maximum absolute atomic E-state index is 13.4. The number of hydrogen-bond donors (Lipinski definition) is 1. The molecule has 1 aliphatic rings. The lowest BCUT2D eigenvalue weighted by Gasteiger charge is -2.41. The maximum Gasteiger partial charge on any atom is 0.314 e. The zero-order valence-electron chi connectivity index (χ0n) is 18.8. The van der Waals surface area contributed by atoms with E-state index in [4.69, 9.17) is 9.47 Å². The number of methoxy groups -OCH3 is 1. The summed E-state index contributed by atoms with van der Waals surface area (Å²) in [4.78, 5) is 35.9. The number of likely N-dealkylation sites (tertiary alicyclic amines) is 1. The quantitative estimate of drug-likeness (QED) is 0.594. The Morgan fingerprint density at radius 2 is 2.06 bits per heavy atom. The van der Waals surface area contributed by atoms with E-state index in [1.807, 2.05) is 50.2 Å². The number of fused-ring (bicyclic) bond motifs is 1. The number of rotatable bonds is 6. The molecule has 7 nitrogen and oxygen atoms in total. The number of carbonyl (C=O) groups excluding carboxylic acids is 2. The third kappa shape index (κ3) is 4.33. The summed E-state index contributed by atoms with van der Waals surface area (Å²) < 4.78 is 10.8. The first-order valence-corrected chi connectivity index (χ1v) is 11.0. The van der Waals surface area contributed by atoms with Crippen LogP contribution in [0.4, 0.5) is 0 Å². The van der Waals surface area contributed by atoms with E-state index in [2.05, 4.69) is 9.97 Å². The van der Waals surface area contributed by atoms with Crippen LogP contribution in [0.5, 0.6) is 5.75 Å². The predicted octanol–water partition coefficient (Wildman–Crippen LogP) is 3.91. The molecule has 0 radical (unpaired) electrons. The molecule has 168 valence electrons. The van der Waals surface area contributed by atoms with Crippen LogP contribution >= 0.6 is 0 Å². The topological polar surface area (TPSA) is 84.5 Å². The highest BCUT2D eigenvalue weighted by Crippen LogP contribution is 2.36. The standard InChI is InChI=1S/C25H29N3O4/c1-4-32-24(30)25(15-18-7-5-8-20(13-18)31-3)11-6-12-28(16-25)23(29)19-9-10-21-22(14-19)27-17(2)26-21/h5,7-10,13-14H,4,6,11-12,15-16H2,1-3H3,(H,26,27)/t25-/m1/s1. The summed E-state index contributed by atoms with van der Waals surface area (Å²) in [5.74, 6) is 1.22. The Hall–Kier alpha value is -3.35. The number of piperidine rings is 1. The molecule has 0 saturated carbocycles. The van der Waals surface area contributed by atoms with Crippen molar-refractivity contribution in [2.45, 2.75) is 33.1 Å². The number of nitrogens with zero attached hydrogens (tertiary/aromatic N) is 2. The summed E-state index contributed by atoms with van der Waals surface area (Å²) in [6.07, 6.45) is 1.90. The van der Waals surface area contributed by atoms with E-state index in [0.717, 1.165) is 34.6 Å². The minimum atomic E-state index is -0.787. The maximum atomic E-state index is 13.4. The van der Waals surface area contributed by atoms with E-state index < -0.39 is 5.41 Å². The van der Waals surface area contributed by atoms with Gasteiger partial charge < -0.3 is 19.4 Å². The molecule has 1 aromatic heterocycles. The first-order valence-electron chi connectivity index (χ1n) is 11.0. The van der Waals surface area contributed by atoms with Crippen LogP contribution in [0.15, 0.2) is 42.5 Å². The number of aromatic nitrogens is 2. The molecule has 1 aliphatic heterocycles. The number of amides is 1. The molecule has 1 amide bonds. The second-order valence-corrected chi connectivity index (χ2v) is 8.41. The highest BCUT2D eigenvalue weighted by atomic mass is 16.5. The summed E-state index contributed by atoms with van der Waals surface area (Å²) in [5, 5.41) is 0. The largest absolute Gasteiger partial charge is 0.497 e. The first-order chi connectivity index (χ1) is 15.4. The van der Waals surface area contributed by atoms with Crippen LogP contribution < -0.4 is 4.74 Å². The van der Waals surface area contributed by atoms with Gasteiger partial charge in [0.05, 0.1) is 30.2 Å². The van der Waals surface area contributed by atoms with Gasteiger partial charge in [0.2, 0.25) is 0 Å². The zero-order chi connectivity index (χ0) is 22.7. The third-order valence-electron chi connectivity index (χ3n) is 6.10. The van der Waals surface area contributed by atoms with Crippen molar-refractivity contribution in [1.82, 2.24) is 14.9 Å². The highest BCUT2D eigenvalue weighted by Gasteiger charge is 2.45. The van der Waals surface area contributed by atoms with Crippen molar-refractivity contribution < 1.29 is 19.1 Å². The Kier molecular flexibility index (Phi) is 6.17. The molecule has 4 rings (SSSR count). The van der Waals surface area contributed by atoms with E-state index in [1.165, 1.54) is 0 Å². The van der Waals surface area contributed by atoms with Crippen molar-refractivity contribution in [1.29, 1.82) is 0 Å². The van der Waals surface area contributed by atoms with E-state index in [-0.39, 0.29) is 11.9 Å². The minimum absolute atomic E-state index is 0.0850. The molecule has 0 bridgehead atoms. The van der Waals surface area contributed by atoms with Gasteiger partial charge >= 0.3 is 5.97 Å². The van der Waals surface area contributed by atoms with Gasteiger partial charge in [0.15, 0.2) is 0 Å². The number of hydrogen-bond acceptors (Lipinski definition) is 5. The van der Waals surface area contributed by atoms with Gasteiger partial charge in [-0.1, -0.05) is 12.1 Å². The summed E-state index contributed by atoms with van der Waals surface area (Å²) in [6.45, 7) is 4.94. The fourth-order valence-corrected chi connectivity index (χ4v) is 4.60. The Balaban J connectivity index is 1.62. The van der Waals surface area contributed by atoms with Gasteiger partial charge in [-0.05, 0) is 69.0 Å². The van der Waals surface area contributed by atoms with Crippen molar-refractivity contribution in [2.24, 2.45) is 5.41 Å². The summed E-state index contributed by atoms with van der Waals surface area (Å²) in [6, 6.07) is 13.2. The third-order valence-corrected chi connectivity index (χ3v) is 6.10. The molecule has 0 spiro atoms. The number of aryl methyl sites for hydroxylation is 1. The molecular weight excluding hydrogens is 406 g/mol. The van der Waals surface area contributed by atoms with Crippen LogP contribution in [0.3, 0.4) is 0 Å². The molecule has 1 N–H and O–H groups in total. The minimum Gasteiger partial charge on any atom is -0.497 e. The smallest absolute Gasteiger partial charge is 0.314 e. The monoisotopic (exact) mass is 435 g/mol. The van der Waals surface area contributed by atoms with Crippen molar-refractivity contribution in [2.75, 3.05) is 26.8 Å². The fourth-order valence-electron chi connectivity index (χ4n) is 4.60. The molecule has 7 heteroatoms. The number of H-pyrrole nitrogens is 1.